The molecule has 5 nitrogen and oxygen atoms in total. The number of nitrogens with one attached hydrogen (secondary N) is 3. The van der Waals surface area contributed by atoms with Gasteiger partial charge in [0.15, 0.2) is 0 Å². The summed E-state index contributed by atoms with van der Waals surface area (Å²) in [5, 5.41) is 13.1. The minimum Gasteiger partial charge on any atom is -0.360 e. The summed E-state index contributed by atoms with van der Waals surface area (Å²) in [7, 11) is 0. The molecule has 1 aromatic carbocycles. The van der Waals surface area contributed by atoms with Crippen LogP contribution in [-0.4, -0.2) is 40.7 Å². The summed E-state index contributed by atoms with van der Waals surface area (Å²) in [5.41, 5.74) is 4.08. The molecule has 1 unspecified atom stereocenters. The Labute approximate surface area is 136 Å². The molecule has 0 radical (unpaired) electrons. The van der Waals surface area contributed by atoms with Gasteiger partial charge in [-0.05, 0) is 33.8 Å². The Bertz CT molecular complexity index is 617. The van der Waals surface area contributed by atoms with Gasteiger partial charge in [0, 0.05) is 34.8 Å². The second-order valence-corrected chi connectivity index (χ2v) is 6.49. The SMILES string of the molecule is CSCCNC(=O)C(Cc1c[nH]c2c(Br)cccc12)NO. The number of hydrogen-bond donors (Lipinski definition) is 4. The zero-order chi connectivity index (χ0) is 15.2. The number of hydroxylamine groups is 1. The summed E-state index contributed by atoms with van der Waals surface area (Å²) < 4.78 is 0.976. The number of amides is 1. The first kappa shape index (κ1) is 16.4. The molecule has 1 aromatic heterocycles. The van der Waals surface area contributed by atoms with Crippen molar-refractivity contribution in [2.24, 2.45) is 0 Å². The molecule has 0 bridgehead atoms. The van der Waals surface area contributed by atoms with Gasteiger partial charge in [0.25, 0.3) is 0 Å². The van der Waals surface area contributed by atoms with E-state index in [1.54, 1.807) is 11.8 Å². The largest absolute Gasteiger partial charge is 0.360 e. The number of H-pyrrole nitrogens is 1. The van der Waals surface area contributed by atoms with E-state index in [2.05, 4.69) is 31.7 Å². The third kappa shape index (κ3) is 4.00. The number of carbonyl (C=O) groups is 1. The number of fused-ring (bicyclic) bond motifs is 1. The quantitative estimate of drug-likeness (QED) is 0.444. The highest BCUT2D eigenvalue weighted by Crippen LogP contribution is 2.26. The van der Waals surface area contributed by atoms with E-state index < -0.39 is 6.04 Å². The van der Waals surface area contributed by atoms with Crippen LogP contribution in [0.4, 0.5) is 0 Å². The minimum atomic E-state index is -0.662. The van der Waals surface area contributed by atoms with Crippen LogP contribution in [0.25, 0.3) is 10.9 Å². The van der Waals surface area contributed by atoms with Crippen LogP contribution in [-0.2, 0) is 11.2 Å². The summed E-state index contributed by atoms with van der Waals surface area (Å²) in [5.74, 6) is 0.653. The highest BCUT2D eigenvalue weighted by molar-refractivity contribution is 9.10. The Kier molecular flexibility index (Phi) is 6.10. The van der Waals surface area contributed by atoms with Crippen molar-refractivity contribution >= 4 is 44.5 Å². The third-order valence-electron chi connectivity index (χ3n) is 3.25. The molecule has 7 heteroatoms. The maximum absolute atomic E-state index is 12.0. The molecule has 114 valence electrons. The van der Waals surface area contributed by atoms with Crippen LogP contribution >= 0.6 is 27.7 Å². The molecule has 0 fully saturated rings. The first-order valence-electron chi connectivity index (χ1n) is 6.58. The van der Waals surface area contributed by atoms with Gasteiger partial charge in [0.1, 0.15) is 6.04 Å². The summed E-state index contributed by atoms with van der Waals surface area (Å²) in [6, 6.07) is 5.24. The van der Waals surface area contributed by atoms with Crippen LogP contribution in [0.15, 0.2) is 28.9 Å². The van der Waals surface area contributed by atoms with Gasteiger partial charge < -0.3 is 15.5 Å². The van der Waals surface area contributed by atoms with Gasteiger partial charge in [-0.2, -0.15) is 17.2 Å². The molecule has 0 saturated carbocycles. The van der Waals surface area contributed by atoms with Crippen molar-refractivity contribution in [3.05, 3.63) is 34.4 Å². The van der Waals surface area contributed by atoms with Gasteiger partial charge in [0.2, 0.25) is 5.91 Å². The molecule has 21 heavy (non-hydrogen) atoms. The Morgan fingerprint density at radius 3 is 3.05 bits per heavy atom. The van der Waals surface area contributed by atoms with E-state index >= 15 is 0 Å². The maximum atomic E-state index is 12.0. The molecule has 0 spiro atoms. The molecule has 0 aliphatic carbocycles. The molecular weight excluding hydrogens is 354 g/mol. The number of thioether (sulfide) groups is 1. The van der Waals surface area contributed by atoms with E-state index in [0.717, 1.165) is 26.7 Å². The molecule has 2 aromatic rings. The smallest absolute Gasteiger partial charge is 0.239 e. The molecule has 1 heterocycles. The maximum Gasteiger partial charge on any atom is 0.239 e. The van der Waals surface area contributed by atoms with E-state index in [1.165, 1.54) is 0 Å². The highest BCUT2D eigenvalue weighted by Gasteiger charge is 2.19. The molecule has 0 aliphatic rings. The van der Waals surface area contributed by atoms with Gasteiger partial charge >= 0.3 is 0 Å². The number of benzene rings is 1. The third-order valence-corrected chi connectivity index (χ3v) is 4.53. The van der Waals surface area contributed by atoms with Crippen LogP contribution in [0, 0.1) is 0 Å². The van der Waals surface area contributed by atoms with Gasteiger partial charge in [0.05, 0.1) is 5.52 Å². The van der Waals surface area contributed by atoms with E-state index in [4.69, 9.17) is 0 Å². The van der Waals surface area contributed by atoms with E-state index in [0.29, 0.717) is 13.0 Å². The number of hydrogen-bond acceptors (Lipinski definition) is 4. The van der Waals surface area contributed by atoms with E-state index in [-0.39, 0.29) is 5.91 Å². The lowest BCUT2D eigenvalue weighted by Crippen LogP contribution is -2.44. The molecular formula is C14H18BrN3O2S. The Balaban J connectivity index is 2.10. The molecule has 1 atom stereocenters. The number of carbonyl (C=O) groups excluding carboxylic acids is 1. The van der Waals surface area contributed by atoms with Crippen molar-refractivity contribution in [2.75, 3.05) is 18.6 Å². The molecule has 4 N–H and O–H groups in total. The normalized spacial score (nSPS) is 12.5. The standard InChI is InChI=1S/C14H18BrN3O2S/c1-21-6-5-16-14(19)12(18-20)7-9-8-17-13-10(9)3-2-4-11(13)15/h2-4,8,12,17-18,20H,5-7H2,1H3,(H,16,19). The lowest BCUT2D eigenvalue weighted by Gasteiger charge is -2.14. The van der Waals surface area contributed by atoms with Crippen LogP contribution < -0.4 is 10.8 Å². The minimum absolute atomic E-state index is 0.198. The number of aromatic nitrogens is 1. The Morgan fingerprint density at radius 1 is 1.52 bits per heavy atom. The lowest BCUT2D eigenvalue weighted by molar-refractivity contribution is -0.125. The Hall–Kier alpha value is -1.02. The van der Waals surface area contributed by atoms with Gasteiger partial charge in [-0.1, -0.05) is 12.1 Å². The topological polar surface area (TPSA) is 77.2 Å². The first-order chi connectivity index (χ1) is 10.2. The number of halogens is 1. The molecule has 0 aliphatic heterocycles. The van der Waals surface area contributed by atoms with Crippen LogP contribution in [0.2, 0.25) is 0 Å². The number of para-hydroxylation sites is 1. The number of rotatable bonds is 7. The fourth-order valence-electron chi connectivity index (χ4n) is 2.16. The van der Waals surface area contributed by atoms with Crippen molar-refractivity contribution in [3.63, 3.8) is 0 Å². The molecule has 1 amide bonds. The summed E-state index contributed by atoms with van der Waals surface area (Å²) in [4.78, 5) is 15.2. The number of aromatic amines is 1. The van der Waals surface area contributed by atoms with Gasteiger partial charge in [-0.3, -0.25) is 4.79 Å². The monoisotopic (exact) mass is 371 g/mol. The van der Waals surface area contributed by atoms with E-state index in [1.807, 2.05) is 30.7 Å². The Morgan fingerprint density at radius 2 is 2.33 bits per heavy atom. The predicted molar refractivity (Wildman–Crippen MR) is 89.8 cm³/mol. The first-order valence-corrected chi connectivity index (χ1v) is 8.76. The van der Waals surface area contributed by atoms with Crippen LogP contribution in [0.3, 0.4) is 0 Å². The highest BCUT2D eigenvalue weighted by atomic mass is 79.9. The van der Waals surface area contributed by atoms with E-state index in [9.17, 15) is 10.0 Å². The van der Waals surface area contributed by atoms with Crippen molar-refractivity contribution < 1.29 is 10.0 Å². The van der Waals surface area contributed by atoms with Crippen molar-refractivity contribution in [1.29, 1.82) is 0 Å². The predicted octanol–water partition coefficient (Wildman–Crippen LogP) is 2.30. The van der Waals surface area contributed by atoms with Gasteiger partial charge in [-0.25, -0.2) is 0 Å². The molecule has 0 saturated heterocycles. The summed E-state index contributed by atoms with van der Waals surface area (Å²) >= 11 is 5.15. The average molecular weight is 372 g/mol. The van der Waals surface area contributed by atoms with Crippen LogP contribution in [0.5, 0.6) is 0 Å². The van der Waals surface area contributed by atoms with Crippen molar-refractivity contribution in [3.8, 4) is 0 Å². The summed E-state index contributed by atoms with van der Waals surface area (Å²) in [6.07, 6.45) is 4.27. The zero-order valence-electron chi connectivity index (χ0n) is 11.6. The average Bonchev–Trinajstić information content (AvgIpc) is 2.89. The molecule has 2 rings (SSSR count). The zero-order valence-corrected chi connectivity index (χ0v) is 14.1. The van der Waals surface area contributed by atoms with Crippen LogP contribution in [0.1, 0.15) is 5.56 Å². The summed E-state index contributed by atoms with van der Waals surface area (Å²) in [6.45, 7) is 0.595. The fraction of sp³-hybridized carbons (Fsp3) is 0.357. The van der Waals surface area contributed by atoms with Gasteiger partial charge in [-0.15, -0.1) is 0 Å². The van der Waals surface area contributed by atoms with Crippen molar-refractivity contribution in [2.45, 2.75) is 12.5 Å². The van der Waals surface area contributed by atoms with Crippen molar-refractivity contribution in [1.82, 2.24) is 15.8 Å². The second kappa shape index (κ2) is 7.84. The lowest BCUT2D eigenvalue weighted by atomic mass is 10.0. The second-order valence-electron chi connectivity index (χ2n) is 4.65. The fourth-order valence-corrected chi connectivity index (χ4v) is 2.95.